The van der Waals surface area contributed by atoms with Gasteiger partial charge in [0, 0.05) is 23.1 Å². The highest BCUT2D eigenvalue weighted by molar-refractivity contribution is 9.10. The maximum atomic E-state index is 12.8. The van der Waals surface area contributed by atoms with Crippen LogP contribution in [0.4, 0.5) is 4.79 Å². The van der Waals surface area contributed by atoms with Gasteiger partial charge in [-0.15, -0.1) is 0 Å². The second-order valence-corrected chi connectivity index (χ2v) is 6.96. The molecule has 0 radical (unpaired) electrons. The van der Waals surface area contributed by atoms with Crippen LogP contribution in [0, 0.1) is 0 Å². The summed E-state index contributed by atoms with van der Waals surface area (Å²) in [7, 11) is 1.58. The molecule has 0 atom stereocenters. The number of carbonyl (C=O) groups is 2. The third-order valence-electron chi connectivity index (χ3n) is 4.23. The molecular formula is C21H20BrNO5. The number of nitrogens with zero attached hydrogens (tertiary/aromatic N) is 1. The van der Waals surface area contributed by atoms with Crippen LogP contribution in [0.3, 0.4) is 0 Å². The minimum Gasteiger partial charge on any atom is -0.496 e. The van der Waals surface area contributed by atoms with E-state index in [4.69, 9.17) is 14.2 Å². The molecule has 1 saturated heterocycles. The van der Waals surface area contributed by atoms with E-state index in [0.717, 1.165) is 5.56 Å². The summed E-state index contributed by atoms with van der Waals surface area (Å²) in [5, 5.41) is 0. The van der Waals surface area contributed by atoms with Crippen LogP contribution in [0.2, 0.25) is 0 Å². The number of allylic oxidation sites excluding steroid dienone is 1. The summed E-state index contributed by atoms with van der Waals surface area (Å²) in [5.74, 6) is 0.603. The summed E-state index contributed by atoms with van der Waals surface area (Å²) in [5.41, 5.74) is 1.07. The van der Waals surface area contributed by atoms with E-state index >= 15 is 0 Å². The SMILES string of the molecule is COc1ccccc1/C=C/C(=O)c1cc(Br)ccc1OC(=O)N1CCOCC1. The van der Waals surface area contributed by atoms with E-state index in [2.05, 4.69) is 15.9 Å². The highest BCUT2D eigenvalue weighted by Crippen LogP contribution is 2.26. The van der Waals surface area contributed by atoms with Crippen molar-refractivity contribution in [3.8, 4) is 11.5 Å². The van der Waals surface area contributed by atoms with Crippen molar-refractivity contribution >= 4 is 33.9 Å². The Morgan fingerprint density at radius 3 is 2.61 bits per heavy atom. The van der Waals surface area contributed by atoms with Gasteiger partial charge in [0.15, 0.2) is 5.78 Å². The van der Waals surface area contributed by atoms with Gasteiger partial charge in [-0.1, -0.05) is 34.1 Å². The molecule has 0 aliphatic carbocycles. The zero-order valence-corrected chi connectivity index (χ0v) is 17.0. The first-order valence-electron chi connectivity index (χ1n) is 8.78. The summed E-state index contributed by atoms with van der Waals surface area (Å²) in [6, 6.07) is 12.4. The number of ketones is 1. The van der Waals surface area contributed by atoms with E-state index in [1.165, 1.54) is 6.08 Å². The van der Waals surface area contributed by atoms with Crippen molar-refractivity contribution in [2.45, 2.75) is 0 Å². The van der Waals surface area contributed by atoms with Gasteiger partial charge in [-0.3, -0.25) is 4.79 Å². The summed E-state index contributed by atoms with van der Waals surface area (Å²) >= 11 is 3.36. The van der Waals surface area contributed by atoms with E-state index in [0.29, 0.717) is 42.1 Å². The smallest absolute Gasteiger partial charge is 0.415 e. The molecule has 0 saturated carbocycles. The summed E-state index contributed by atoms with van der Waals surface area (Å²) < 4.78 is 16.7. The van der Waals surface area contributed by atoms with E-state index < -0.39 is 6.09 Å². The Labute approximate surface area is 171 Å². The second kappa shape index (κ2) is 9.52. The third-order valence-corrected chi connectivity index (χ3v) is 4.72. The van der Waals surface area contributed by atoms with Gasteiger partial charge in [0.1, 0.15) is 11.5 Å². The van der Waals surface area contributed by atoms with Gasteiger partial charge >= 0.3 is 6.09 Å². The minimum absolute atomic E-state index is 0.217. The van der Waals surface area contributed by atoms with Gasteiger partial charge in [-0.2, -0.15) is 0 Å². The van der Waals surface area contributed by atoms with Crippen molar-refractivity contribution in [3.05, 3.63) is 64.1 Å². The van der Waals surface area contributed by atoms with Crippen LogP contribution in [-0.2, 0) is 4.74 Å². The first-order valence-corrected chi connectivity index (χ1v) is 9.57. The fourth-order valence-corrected chi connectivity index (χ4v) is 3.11. The molecule has 2 aromatic carbocycles. The van der Waals surface area contributed by atoms with E-state index in [1.54, 1.807) is 36.3 Å². The lowest BCUT2D eigenvalue weighted by Crippen LogP contribution is -2.42. The number of para-hydroxylation sites is 1. The summed E-state index contributed by atoms with van der Waals surface area (Å²) in [4.78, 5) is 26.7. The number of hydrogen-bond acceptors (Lipinski definition) is 5. The van der Waals surface area contributed by atoms with Gasteiger partial charge in [0.05, 0.1) is 25.9 Å². The Bertz CT molecular complexity index is 890. The van der Waals surface area contributed by atoms with Gasteiger partial charge < -0.3 is 19.1 Å². The number of amides is 1. The van der Waals surface area contributed by atoms with Gasteiger partial charge in [-0.25, -0.2) is 4.79 Å². The molecule has 1 aliphatic heterocycles. The van der Waals surface area contributed by atoms with Crippen LogP contribution >= 0.6 is 15.9 Å². The Morgan fingerprint density at radius 2 is 1.86 bits per heavy atom. The van der Waals surface area contributed by atoms with Crippen molar-refractivity contribution in [1.29, 1.82) is 0 Å². The number of morpholine rings is 1. The van der Waals surface area contributed by atoms with Crippen LogP contribution in [-0.4, -0.2) is 50.2 Å². The topological polar surface area (TPSA) is 65.1 Å². The first kappa shape index (κ1) is 20.1. The maximum Gasteiger partial charge on any atom is 0.415 e. The number of ether oxygens (including phenoxy) is 3. The monoisotopic (exact) mass is 445 g/mol. The highest BCUT2D eigenvalue weighted by atomic mass is 79.9. The third kappa shape index (κ3) is 4.99. The van der Waals surface area contributed by atoms with Gasteiger partial charge in [0.25, 0.3) is 0 Å². The molecular weight excluding hydrogens is 426 g/mol. The van der Waals surface area contributed by atoms with Crippen molar-refractivity contribution in [1.82, 2.24) is 4.90 Å². The quantitative estimate of drug-likeness (QED) is 0.509. The normalized spacial score (nSPS) is 14.1. The molecule has 0 aromatic heterocycles. The maximum absolute atomic E-state index is 12.8. The average Bonchev–Trinajstić information content (AvgIpc) is 2.74. The zero-order chi connectivity index (χ0) is 19.9. The molecule has 0 spiro atoms. The molecule has 3 rings (SSSR count). The van der Waals surface area contributed by atoms with Crippen LogP contribution < -0.4 is 9.47 Å². The molecule has 146 valence electrons. The van der Waals surface area contributed by atoms with Crippen molar-refractivity contribution in [2.75, 3.05) is 33.4 Å². The van der Waals surface area contributed by atoms with E-state index in [-0.39, 0.29) is 11.5 Å². The average molecular weight is 446 g/mol. The first-order chi connectivity index (χ1) is 13.6. The zero-order valence-electron chi connectivity index (χ0n) is 15.4. The molecule has 7 heteroatoms. The number of carbonyl (C=O) groups excluding carboxylic acids is 2. The molecule has 6 nitrogen and oxygen atoms in total. The van der Waals surface area contributed by atoms with E-state index in [1.807, 2.05) is 24.3 Å². The molecule has 1 fully saturated rings. The number of benzene rings is 2. The lowest BCUT2D eigenvalue weighted by Gasteiger charge is -2.26. The predicted molar refractivity (Wildman–Crippen MR) is 109 cm³/mol. The molecule has 1 amide bonds. The largest absolute Gasteiger partial charge is 0.496 e. The fourth-order valence-electron chi connectivity index (χ4n) is 2.75. The van der Waals surface area contributed by atoms with Crippen molar-refractivity contribution in [3.63, 3.8) is 0 Å². The Hall–Kier alpha value is -2.64. The van der Waals surface area contributed by atoms with Crippen LogP contribution in [0.1, 0.15) is 15.9 Å². The molecule has 1 aliphatic rings. The predicted octanol–water partition coefficient (Wildman–Crippen LogP) is 4.18. The number of hydrogen-bond donors (Lipinski definition) is 0. The van der Waals surface area contributed by atoms with Crippen molar-refractivity contribution in [2.24, 2.45) is 0 Å². The Balaban J connectivity index is 1.80. The summed E-state index contributed by atoms with van der Waals surface area (Å²) in [6.45, 7) is 1.88. The van der Waals surface area contributed by atoms with Gasteiger partial charge in [-0.05, 0) is 36.4 Å². The molecule has 28 heavy (non-hydrogen) atoms. The molecule has 2 aromatic rings. The lowest BCUT2D eigenvalue weighted by molar-refractivity contribution is 0.0415. The van der Waals surface area contributed by atoms with Crippen LogP contribution in [0.5, 0.6) is 11.5 Å². The molecule has 1 heterocycles. The highest BCUT2D eigenvalue weighted by Gasteiger charge is 2.21. The Kier molecular flexibility index (Phi) is 6.84. The number of halogens is 1. The Morgan fingerprint density at radius 1 is 1.11 bits per heavy atom. The van der Waals surface area contributed by atoms with Crippen molar-refractivity contribution < 1.29 is 23.8 Å². The standard InChI is InChI=1S/C21H20BrNO5/c1-26-19-5-3-2-4-15(19)6-8-18(24)17-14-16(22)7-9-20(17)28-21(25)23-10-12-27-13-11-23/h2-9,14H,10-13H2,1H3/b8-6+. The van der Waals surface area contributed by atoms with Crippen LogP contribution in [0.25, 0.3) is 6.08 Å². The molecule has 0 bridgehead atoms. The molecule has 0 unspecified atom stereocenters. The second-order valence-electron chi connectivity index (χ2n) is 6.05. The fraction of sp³-hybridized carbons (Fsp3) is 0.238. The molecule has 0 N–H and O–H groups in total. The summed E-state index contributed by atoms with van der Waals surface area (Å²) in [6.07, 6.45) is 2.62. The lowest BCUT2D eigenvalue weighted by atomic mass is 10.1. The van der Waals surface area contributed by atoms with E-state index in [9.17, 15) is 9.59 Å². The minimum atomic E-state index is -0.492. The number of rotatable bonds is 5. The number of methoxy groups -OCH3 is 1. The van der Waals surface area contributed by atoms with Gasteiger partial charge in [0.2, 0.25) is 0 Å². The van der Waals surface area contributed by atoms with Crippen LogP contribution in [0.15, 0.2) is 53.0 Å².